The van der Waals surface area contributed by atoms with Crippen molar-refractivity contribution in [2.75, 3.05) is 39.6 Å². The summed E-state index contributed by atoms with van der Waals surface area (Å²) in [6.45, 7) is 15.9. The summed E-state index contributed by atoms with van der Waals surface area (Å²) in [5.41, 5.74) is 5.77. The Morgan fingerprint density at radius 1 is 0.370 bits per heavy atom. The van der Waals surface area contributed by atoms with E-state index in [1.165, 1.54) is 0 Å². The number of hydrogen-bond donors (Lipinski definition) is 2. The monoisotopic (exact) mass is 757 g/mol. The van der Waals surface area contributed by atoms with Gasteiger partial charge < -0.3 is 28.4 Å². The van der Waals surface area contributed by atoms with Crippen LogP contribution in [0.4, 0.5) is 0 Å². The van der Waals surface area contributed by atoms with Crippen LogP contribution >= 0.6 is 0 Å². The van der Waals surface area contributed by atoms with Gasteiger partial charge in [-0.3, -0.25) is 20.4 Å². The third-order valence-corrected chi connectivity index (χ3v) is 8.87. The van der Waals surface area contributed by atoms with E-state index >= 15 is 0 Å². The van der Waals surface area contributed by atoms with Crippen LogP contribution in [0.15, 0.2) is 24.3 Å². The molecule has 0 saturated carbocycles. The molecule has 2 aromatic rings. The fraction of sp³-hybridized carbons (Fsp3) is 0.682. The SMILES string of the molecule is CCCCCOc1cc(C(=O)NNC(=O)c2cc(OCCCCC)c(OCCCCC)c(OCCCCC)c2)cc(OCCCCC)c1OCCCCC. The highest BCUT2D eigenvalue weighted by atomic mass is 16.5. The Hall–Kier alpha value is -3.82. The summed E-state index contributed by atoms with van der Waals surface area (Å²) in [5, 5.41) is 0. The van der Waals surface area contributed by atoms with Crippen LogP contribution in [0, 0.1) is 0 Å². The molecule has 0 aliphatic heterocycles. The Bertz CT molecular complexity index is 1150. The molecular formula is C44H72N2O8. The number of hydrazine groups is 1. The second-order valence-corrected chi connectivity index (χ2v) is 13.8. The lowest BCUT2D eigenvalue weighted by Gasteiger charge is -2.19. The summed E-state index contributed by atoms with van der Waals surface area (Å²) in [7, 11) is 0. The van der Waals surface area contributed by atoms with Crippen LogP contribution in [0.2, 0.25) is 0 Å². The molecular weight excluding hydrogens is 684 g/mol. The van der Waals surface area contributed by atoms with Crippen LogP contribution in [-0.2, 0) is 0 Å². The van der Waals surface area contributed by atoms with E-state index in [4.69, 9.17) is 28.4 Å². The first kappa shape index (κ1) is 46.3. The van der Waals surface area contributed by atoms with Crippen molar-refractivity contribution in [3.05, 3.63) is 35.4 Å². The number of carbonyl (C=O) groups is 2. The van der Waals surface area contributed by atoms with Crippen molar-refractivity contribution in [1.29, 1.82) is 0 Å². The maximum Gasteiger partial charge on any atom is 0.269 e. The molecule has 2 aromatic carbocycles. The lowest BCUT2D eigenvalue weighted by atomic mass is 10.1. The number of unbranched alkanes of at least 4 members (excludes halogenated alkanes) is 12. The molecule has 2 rings (SSSR count). The molecule has 0 unspecified atom stereocenters. The Labute approximate surface area is 326 Å². The third-order valence-electron chi connectivity index (χ3n) is 8.87. The molecule has 0 spiro atoms. The fourth-order valence-electron chi connectivity index (χ4n) is 5.58. The molecule has 0 atom stereocenters. The Morgan fingerprint density at radius 3 is 0.815 bits per heavy atom. The van der Waals surface area contributed by atoms with E-state index in [-0.39, 0.29) is 11.1 Å². The van der Waals surface area contributed by atoms with Gasteiger partial charge in [0.05, 0.1) is 39.6 Å². The highest BCUT2D eigenvalue weighted by Gasteiger charge is 2.22. The average molecular weight is 757 g/mol. The van der Waals surface area contributed by atoms with E-state index in [1.54, 1.807) is 24.3 Å². The van der Waals surface area contributed by atoms with Gasteiger partial charge in [0, 0.05) is 11.1 Å². The second kappa shape index (κ2) is 29.5. The zero-order valence-corrected chi connectivity index (χ0v) is 34.5. The number of rotatable bonds is 32. The zero-order valence-electron chi connectivity index (χ0n) is 34.5. The van der Waals surface area contributed by atoms with Gasteiger partial charge in [-0.05, 0) is 62.8 Å². The van der Waals surface area contributed by atoms with Gasteiger partial charge in [0.25, 0.3) is 11.8 Å². The molecule has 0 heterocycles. The van der Waals surface area contributed by atoms with Crippen molar-refractivity contribution in [2.24, 2.45) is 0 Å². The van der Waals surface area contributed by atoms with Gasteiger partial charge in [-0.15, -0.1) is 0 Å². The van der Waals surface area contributed by atoms with E-state index in [0.29, 0.717) is 74.1 Å². The molecule has 2 N–H and O–H groups in total. The Kier molecular flexibility index (Phi) is 25.3. The summed E-state index contributed by atoms with van der Waals surface area (Å²) in [6.07, 6.45) is 17.9. The molecule has 0 aliphatic rings. The molecule has 306 valence electrons. The summed E-state index contributed by atoms with van der Waals surface area (Å²) in [5.74, 6) is 1.81. The zero-order chi connectivity index (χ0) is 39.2. The highest BCUT2D eigenvalue weighted by molar-refractivity contribution is 6.00. The lowest BCUT2D eigenvalue weighted by Crippen LogP contribution is -2.41. The summed E-state index contributed by atoms with van der Waals surface area (Å²) >= 11 is 0. The topological polar surface area (TPSA) is 114 Å². The van der Waals surface area contributed by atoms with Gasteiger partial charge >= 0.3 is 0 Å². The van der Waals surface area contributed by atoms with Gasteiger partial charge in [-0.1, -0.05) is 119 Å². The van der Waals surface area contributed by atoms with Crippen LogP contribution in [-0.4, -0.2) is 51.5 Å². The van der Waals surface area contributed by atoms with Crippen LogP contribution in [0.5, 0.6) is 34.5 Å². The molecule has 0 bridgehead atoms. The van der Waals surface area contributed by atoms with E-state index in [0.717, 1.165) is 116 Å². The predicted molar refractivity (Wildman–Crippen MR) is 218 cm³/mol. The number of amides is 2. The van der Waals surface area contributed by atoms with Crippen LogP contribution in [0.1, 0.15) is 178 Å². The minimum atomic E-state index is -0.513. The summed E-state index contributed by atoms with van der Waals surface area (Å²) in [6, 6.07) is 6.65. The average Bonchev–Trinajstić information content (AvgIpc) is 3.18. The third kappa shape index (κ3) is 18.0. The fourth-order valence-corrected chi connectivity index (χ4v) is 5.58. The summed E-state index contributed by atoms with van der Waals surface area (Å²) in [4.78, 5) is 27.3. The van der Waals surface area contributed by atoms with Crippen molar-refractivity contribution >= 4 is 11.8 Å². The molecule has 0 saturated heterocycles. The van der Waals surface area contributed by atoms with Crippen molar-refractivity contribution in [2.45, 2.75) is 157 Å². The molecule has 54 heavy (non-hydrogen) atoms. The maximum atomic E-state index is 13.7. The molecule has 0 aliphatic carbocycles. The number of carbonyl (C=O) groups excluding carboxylic acids is 2. The first-order valence-corrected chi connectivity index (χ1v) is 21.2. The normalized spacial score (nSPS) is 10.9. The smallest absolute Gasteiger partial charge is 0.269 e. The molecule has 0 fully saturated rings. The number of ether oxygens (including phenoxy) is 6. The minimum absolute atomic E-state index is 0.280. The van der Waals surface area contributed by atoms with Gasteiger partial charge in [-0.25, -0.2) is 0 Å². The first-order valence-electron chi connectivity index (χ1n) is 21.2. The minimum Gasteiger partial charge on any atom is -0.490 e. The van der Waals surface area contributed by atoms with E-state index in [9.17, 15) is 9.59 Å². The molecule has 0 aromatic heterocycles. The van der Waals surface area contributed by atoms with Crippen LogP contribution in [0.3, 0.4) is 0 Å². The summed E-state index contributed by atoms with van der Waals surface area (Å²) < 4.78 is 37.3. The molecule has 2 amide bonds. The Balaban J connectivity index is 2.39. The van der Waals surface area contributed by atoms with Crippen LogP contribution < -0.4 is 39.3 Å². The van der Waals surface area contributed by atoms with E-state index < -0.39 is 11.8 Å². The van der Waals surface area contributed by atoms with Gasteiger partial charge in [0.1, 0.15) is 0 Å². The number of nitrogens with one attached hydrogen (secondary N) is 2. The quantitative estimate of drug-likeness (QED) is 0.0560. The van der Waals surface area contributed by atoms with Gasteiger partial charge in [0.15, 0.2) is 23.0 Å². The second-order valence-electron chi connectivity index (χ2n) is 13.8. The van der Waals surface area contributed by atoms with Crippen molar-refractivity contribution in [3.63, 3.8) is 0 Å². The van der Waals surface area contributed by atoms with Gasteiger partial charge in [0.2, 0.25) is 11.5 Å². The first-order chi connectivity index (χ1) is 26.4. The van der Waals surface area contributed by atoms with Crippen molar-refractivity contribution < 1.29 is 38.0 Å². The number of hydrogen-bond acceptors (Lipinski definition) is 8. The van der Waals surface area contributed by atoms with Crippen molar-refractivity contribution in [3.8, 4) is 34.5 Å². The Morgan fingerprint density at radius 2 is 0.593 bits per heavy atom. The molecule has 10 heteroatoms. The largest absolute Gasteiger partial charge is 0.490 e. The number of benzene rings is 2. The van der Waals surface area contributed by atoms with Crippen molar-refractivity contribution in [1.82, 2.24) is 10.9 Å². The standard InChI is InChI=1S/C44H72N2O8/c1-7-13-19-25-49-37-31-35(32-38(50-26-20-14-8-2)41(37)53-29-23-17-11-5)43(47)45-46-44(48)36-33-39(51-27-21-15-9-3)42(54-30-24-18-12-6)40(34-36)52-28-22-16-10-4/h31-34H,7-30H2,1-6H3,(H,45,47)(H,46,48). The van der Waals surface area contributed by atoms with E-state index in [2.05, 4.69) is 52.4 Å². The molecule has 0 radical (unpaired) electrons. The van der Waals surface area contributed by atoms with Gasteiger partial charge in [-0.2, -0.15) is 0 Å². The van der Waals surface area contributed by atoms with Crippen LogP contribution in [0.25, 0.3) is 0 Å². The maximum absolute atomic E-state index is 13.7. The highest BCUT2D eigenvalue weighted by Crippen LogP contribution is 2.41. The van der Waals surface area contributed by atoms with E-state index in [1.807, 2.05) is 0 Å². The lowest BCUT2D eigenvalue weighted by molar-refractivity contribution is 0.0845. The molecule has 10 nitrogen and oxygen atoms in total. The predicted octanol–water partition coefficient (Wildman–Crippen LogP) is 11.2.